The molecule has 1 rings (SSSR count). The molecule has 0 aromatic carbocycles. The normalized spacial score (nSPS) is 11.6. The van der Waals surface area contributed by atoms with Crippen LogP contribution in [0.2, 0.25) is 0 Å². The summed E-state index contributed by atoms with van der Waals surface area (Å²) in [6, 6.07) is 1.41. The molecule has 0 aliphatic heterocycles. The Bertz CT molecular complexity index is 488. The van der Waals surface area contributed by atoms with Crippen molar-refractivity contribution >= 4 is 23.5 Å². The van der Waals surface area contributed by atoms with Crippen LogP contribution in [0.4, 0.5) is 5.69 Å². The van der Waals surface area contributed by atoms with Crippen LogP contribution in [0.15, 0.2) is 18.3 Å². The minimum Gasteiger partial charge on any atom is -0.481 e. The molecule has 0 aliphatic rings. The van der Waals surface area contributed by atoms with Crippen molar-refractivity contribution in [3.63, 3.8) is 0 Å². The summed E-state index contributed by atoms with van der Waals surface area (Å²) in [4.78, 5) is 36.5. The second-order valence-corrected chi connectivity index (χ2v) is 3.40. The molecule has 1 aromatic rings. The minimum absolute atomic E-state index is 0.0782. The van der Waals surface area contributed by atoms with E-state index < -0.39 is 30.3 Å². The Kier molecular flexibility index (Phi) is 4.19. The highest BCUT2D eigenvalue weighted by atomic mass is 16.4. The second-order valence-electron chi connectivity index (χ2n) is 3.40. The maximum atomic E-state index is 11.7. The second kappa shape index (κ2) is 5.62. The third-order valence-electron chi connectivity index (χ3n) is 2.04. The van der Waals surface area contributed by atoms with Gasteiger partial charge in [0.25, 0.3) is 5.91 Å². The lowest BCUT2D eigenvalue weighted by Crippen LogP contribution is -2.42. The van der Waals surface area contributed by atoms with E-state index >= 15 is 0 Å². The fourth-order valence-electron chi connectivity index (χ4n) is 1.21. The molecule has 18 heavy (non-hydrogen) atoms. The van der Waals surface area contributed by atoms with Gasteiger partial charge in [-0.3, -0.25) is 9.59 Å². The summed E-state index contributed by atoms with van der Waals surface area (Å²) in [7, 11) is 0. The van der Waals surface area contributed by atoms with E-state index in [4.69, 9.17) is 15.9 Å². The largest absolute Gasteiger partial charge is 0.481 e. The minimum atomic E-state index is -1.53. The molecule has 0 radical (unpaired) electrons. The van der Waals surface area contributed by atoms with Crippen LogP contribution in [0, 0.1) is 0 Å². The molecule has 0 fully saturated rings. The van der Waals surface area contributed by atoms with Gasteiger partial charge in [-0.15, -0.1) is 0 Å². The van der Waals surface area contributed by atoms with Gasteiger partial charge in [-0.05, 0) is 12.1 Å². The van der Waals surface area contributed by atoms with Gasteiger partial charge in [0.2, 0.25) is 0 Å². The maximum Gasteiger partial charge on any atom is 0.326 e. The lowest BCUT2D eigenvalue weighted by molar-refractivity contribution is -0.145. The summed E-state index contributed by atoms with van der Waals surface area (Å²) in [5, 5.41) is 19.3. The van der Waals surface area contributed by atoms with Gasteiger partial charge in [-0.2, -0.15) is 0 Å². The van der Waals surface area contributed by atoms with Crippen LogP contribution >= 0.6 is 0 Å². The number of pyridine rings is 1. The fraction of sp³-hybridized carbons (Fsp3) is 0.200. The highest BCUT2D eigenvalue weighted by Gasteiger charge is 2.24. The van der Waals surface area contributed by atoms with E-state index in [1.54, 1.807) is 0 Å². The van der Waals surface area contributed by atoms with E-state index in [-0.39, 0.29) is 11.4 Å². The van der Waals surface area contributed by atoms with Gasteiger partial charge in [0.05, 0.1) is 12.1 Å². The zero-order valence-corrected chi connectivity index (χ0v) is 9.16. The van der Waals surface area contributed by atoms with Crippen LogP contribution in [-0.2, 0) is 9.59 Å². The average Bonchev–Trinajstić information content (AvgIpc) is 2.27. The smallest absolute Gasteiger partial charge is 0.326 e. The molecule has 1 heterocycles. The molecule has 1 amide bonds. The number of aliphatic carboxylic acids is 2. The predicted molar refractivity (Wildman–Crippen MR) is 59.8 cm³/mol. The number of hydrogen-bond acceptors (Lipinski definition) is 5. The number of nitrogens with one attached hydrogen (secondary N) is 1. The summed E-state index contributed by atoms with van der Waals surface area (Å²) in [5.74, 6) is -3.61. The number of nitrogens with two attached hydrogens (primary N) is 1. The van der Waals surface area contributed by atoms with Crippen molar-refractivity contribution in [2.24, 2.45) is 0 Å². The maximum absolute atomic E-state index is 11.7. The van der Waals surface area contributed by atoms with Crippen molar-refractivity contribution in [1.82, 2.24) is 10.3 Å². The Morgan fingerprint density at radius 3 is 2.56 bits per heavy atom. The van der Waals surface area contributed by atoms with E-state index in [1.807, 2.05) is 5.32 Å². The SMILES string of the molecule is Nc1cccnc1C(=O)NC(CC(=O)O)C(=O)O. The van der Waals surface area contributed by atoms with E-state index in [0.717, 1.165) is 0 Å². The van der Waals surface area contributed by atoms with Crippen LogP contribution in [0.3, 0.4) is 0 Å². The van der Waals surface area contributed by atoms with E-state index in [1.165, 1.54) is 18.3 Å². The van der Waals surface area contributed by atoms with Crippen molar-refractivity contribution in [3.8, 4) is 0 Å². The number of aromatic nitrogens is 1. The zero-order valence-electron chi connectivity index (χ0n) is 9.16. The summed E-state index contributed by atoms with van der Waals surface area (Å²) < 4.78 is 0. The highest BCUT2D eigenvalue weighted by Crippen LogP contribution is 2.07. The summed E-state index contributed by atoms with van der Waals surface area (Å²) in [6.07, 6.45) is 0.589. The molecule has 1 atom stereocenters. The molecule has 1 unspecified atom stereocenters. The first-order valence-corrected chi connectivity index (χ1v) is 4.87. The fourth-order valence-corrected chi connectivity index (χ4v) is 1.21. The quantitative estimate of drug-likeness (QED) is 0.544. The van der Waals surface area contributed by atoms with Gasteiger partial charge in [0.15, 0.2) is 5.69 Å². The number of carboxylic acids is 2. The number of carbonyl (C=O) groups excluding carboxylic acids is 1. The molecule has 0 spiro atoms. The molecular weight excluding hydrogens is 242 g/mol. The summed E-state index contributed by atoms with van der Waals surface area (Å²) >= 11 is 0. The molecule has 0 bridgehead atoms. The van der Waals surface area contributed by atoms with Crippen molar-refractivity contribution in [2.45, 2.75) is 12.5 Å². The molecule has 1 aromatic heterocycles. The lowest BCUT2D eigenvalue weighted by atomic mass is 10.2. The van der Waals surface area contributed by atoms with Crippen LogP contribution in [0.5, 0.6) is 0 Å². The Balaban J connectivity index is 2.82. The van der Waals surface area contributed by atoms with Crippen molar-refractivity contribution in [1.29, 1.82) is 0 Å². The first-order valence-electron chi connectivity index (χ1n) is 4.87. The zero-order chi connectivity index (χ0) is 13.7. The van der Waals surface area contributed by atoms with Gasteiger partial charge in [-0.25, -0.2) is 9.78 Å². The monoisotopic (exact) mass is 253 g/mol. The van der Waals surface area contributed by atoms with E-state index in [9.17, 15) is 14.4 Å². The Morgan fingerprint density at radius 2 is 2.06 bits per heavy atom. The van der Waals surface area contributed by atoms with E-state index in [0.29, 0.717) is 0 Å². The number of carboxylic acid groups (broad SMARTS) is 2. The van der Waals surface area contributed by atoms with Crippen LogP contribution in [0.25, 0.3) is 0 Å². The molecule has 8 nitrogen and oxygen atoms in total. The number of nitrogen functional groups attached to an aromatic ring is 1. The molecule has 5 N–H and O–H groups in total. The van der Waals surface area contributed by atoms with Gasteiger partial charge in [0.1, 0.15) is 6.04 Å². The number of carbonyl (C=O) groups is 3. The molecule has 0 saturated heterocycles. The third-order valence-corrected chi connectivity index (χ3v) is 2.04. The van der Waals surface area contributed by atoms with Gasteiger partial charge in [0, 0.05) is 6.20 Å². The van der Waals surface area contributed by atoms with Crippen molar-refractivity contribution in [2.75, 3.05) is 5.73 Å². The standard InChI is InChI=1S/C10H11N3O5/c11-5-2-1-3-12-8(5)9(16)13-6(10(17)18)4-7(14)15/h1-3,6H,4,11H2,(H,13,16)(H,14,15)(H,17,18). The van der Waals surface area contributed by atoms with Crippen LogP contribution < -0.4 is 11.1 Å². The molecule has 0 aliphatic carbocycles. The Morgan fingerprint density at radius 1 is 1.39 bits per heavy atom. The van der Waals surface area contributed by atoms with Crippen LogP contribution in [-0.4, -0.2) is 39.1 Å². The molecular formula is C10H11N3O5. The highest BCUT2D eigenvalue weighted by molar-refractivity contribution is 5.99. The van der Waals surface area contributed by atoms with E-state index in [2.05, 4.69) is 4.98 Å². The van der Waals surface area contributed by atoms with Gasteiger partial charge in [-0.1, -0.05) is 0 Å². The van der Waals surface area contributed by atoms with Crippen molar-refractivity contribution in [3.05, 3.63) is 24.0 Å². The number of hydrogen-bond donors (Lipinski definition) is 4. The molecule has 8 heteroatoms. The predicted octanol–water partition coefficient (Wildman–Crippen LogP) is -0.679. The number of anilines is 1. The first-order chi connectivity index (χ1) is 8.41. The third kappa shape index (κ3) is 3.44. The topological polar surface area (TPSA) is 143 Å². The lowest BCUT2D eigenvalue weighted by Gasteiger charge is -2.12. The molecule has 96 valence electrons. The van der Waals surface area contributed by atoms with Crippen LogP contribution in [0.1, 0.15) is 16.9 Å². The molecule has 0 saturated carbocycles. The number of rotatable bonds is 5. The van der Waals surface area contributed by atoms with Gasteiger partial charge < -0.3 is 21.3 Å². The van der Waals surface area contributed by atoms with Crippen molar-refractivity contribution < 1.29 is 24.6 Å². The Hall–Kier alpha value is -2.64. The van der Waals surface area contributed by atoms with Gasteiger partial charge >= 0.3 is 11.9 Å². The Labute approximate surface area is 101 Å². The number of amides is 1. The number of nitrogens with zero attached hydrogens (tertiary/aromatic N) is 1. The summed E-state index contributed by atoms with van der Waals surface area (Å²) in [5.41, 5.74) is 5.42. The first kappa shape index (κ1) is 13.4. The average molecular weight is 253 g/mol. The summed E-state index contributed by atoms with van der Waals surface area (Å²) in [6.45, 7) is 0.